The average molecular weight is 594 g/mol. The van der Waals surface area contributed by atoms with E-state index < -0.39 is 16.0 Å². The molecule has 0 spiro atoms. The zero-order chi connectivity index (χ0) is 29.1. The van der Waals surface area contributed by atoms with E-state index >= 15 is 0 Å². The number of sulfonamides is 1. The zero-order valence-electron chi connectivity index (χ0n) is 23.8. The molecule has 216 valence electrons. The first-order valence-electron chi connectivity index (χ1n) is 13.7. The Bertz CT molecular complexity index is 1690. The molecule has 0 radical (unpaired) electrons. The summed E-state index contributed by atoms with van der Waals surface area (Å²) in [5.74, 6) is 0.534. The molecular weight excluding hydrogens is 558 g/mol. The standard InChI is InChI=1S/C30H35N5O4S2/c1-5-26-29(33(4)30-32-27(20-40-30)24-9-7-21(2)8-10-24)35-19-25(11-12-28(35)31-26)23-13-15-34(16-14-23)41(37,38)18-6-17-39-22(3)36/h7-13,19-20H,5-6,14-18H2,1-4H3. The van der Waals surface area contributed by atoms with E-state index in [1.807, 2.05) is 19.2 Å². The number of ether oxygens (including phenoxy) is 1. The summed E-state index contributed by atoms with van der Waals surface area (Å²) in [6, 6.07) is 12.5. The third kappa shape index (κ3) is 6.37. The summed E-state index contributed by atoms with van der Waals surface area (Å²) in [7, 11) is -1.40. The number of rotatable bonds is 10. The predicted octanol–water partition coefficient (Wildman–Crippen LogP) is 5.47. The van der Waals surface area contributed by atoms with Gasteiger partial charge in [0.25, 0.3) is 0 Å². The van der Waals surface area contributed by atoms with Crippen molar-refractivity contribution in [2.75, 3.05) is 37.4 Å². The fourth-order valence-corrected chi connectivity index (χ4v) is 7.19. The van der Waals surface area contributed by atoms with E-state index in [9.17, 15) is 13.2 Å². The Balaban J connectivity index is 1.37. The van der Waals surface area contributed by atoms with Crippen LogP contribution in [0.2, 0.25) is 0 Å². The second kappa shape index (κ2) is 12.1. The van der Waals surface area contributed by atoms with Gasteiger partial charge in [-0.15, -0.1) is 11.3 Å². The SMILES string of the molecule is CCc1nc2ccc(C3=CCN(S(=O)(=O)CCCOC(C)=O)CC3)cn2c1N(C)c1nc(-c2ccc(C)cc2)cs1. The van der Waals surface area contributed by atoms with Crippen molar-refractivity contribution in [1.29, 1.82) is 0 Å². The van der Waals surface area contributed by atoms with Crippen LogP contribution in [0.15, 0.2) is 54.1 Å². The minimum absolute atomic E-state index is 0.0394. The van der Waals surface area contributed by atoms with Crippen LogP contribution < -0.4 is 4.90 Å². The summed E-state index contributed by atoms with van der Waals surface area (Å²) in [5.41, 5.74) is 7.24. The van der Waals surface area contributed by atoms with Crippen molar-refractivity contribution < 1.29 is 17.9 Å². The van der Waals surface area contributed by atoms with E-state index in [2.05, 4.69) is 65.1 Å². The molecule has 0 bridgehead atoms. The lowest BCUT2D eigenvalue weighted by atomic mass is 10.0. The van der Waals surface area contributed by atoms with Gasteiger partial charge in [0, 0.05) is 44.2 Å². The molecule has 3 aromatic heterocycles. The van der Waals surface area contributed by atoms with Gasteiger partial charge in [-0.05, 0) is 49.5 Å². The quantitative estimate of drug-likeness (QED) is 0.178. The summed E-state index contributed by atoms with van der Waals surface area (Å²) in [4.78, 5) is 22.9. The number of pyridine rings is 1. The first-order valence-corrected chi connectivity index (χ1v) is 16.2. The molecule has 9 nitrogen and oxygen atoms in total. The molecule has 0 aliphatic carbocycles. The summed E-state index contributed by atoms with van der Waals surface area (Å²) in [6.07, 6.45) is 5.76. The Morgan fingerprint density at radius 2 is 1.88 bits per heavy atom. The lowest BCUT2D eigenvalue weighted by Crippen LogP contribution is -2.36. The zero-order valence-corrected chi connectivity index (χ0v) is 25.5. The molecule has 0 atom stereocenters. The van der Waals surface area contributed by atoms with E-state index in [4.69, 9.17) is 14.7 Å². The Kier molecular flexibility index (Phi) is 8.58. The molecule has 0 N–H and O–H groups in total. The summed E-state index contributed by atoms with van der Waals surface area (Å²) < 4.78 is 34.0. The molecule has 0 saturated carbocycles. The van der Waals surface area contributed by atoms with Gasteiger partial charge < -0.3 is 9.64 Å². The Morgan fingerprint density at radius 3 is 2.56 bits per heavy atom. The number of anilines is 2. The highest BCUT2D eigenvalue weighted by Gasteiger charge is 2.25. The van der Waals surface area contributed by atoms with Crippen molar-refractivity contribution in [3.8, 4) is 11.3 Å². The largest absolute Gasteiger partial charge is 0.466 e. The smallest absolute Gasteiger partial charge is 0.302 e. The van der Waals surface area contributed by atoms with E-state index in [0.717, 1.165) is 51.1 Å². The monoisotopic (exact) mass is 593 g/mol. The number of nitrogens with zero attached hydrogens (tertiary/aromatic N) is 5. The number of carbonyl (C=O) groups is 1. The first kappa shape index (κ1) is 29.0. The van der Waals surface area contributed by atoms with Crippen molar-refractivity contribution >= 4 is 49.5 Å². The van der Waals surface area contributed by atoms with Crippen LogP contribution in [0, 0.1) is 6.92 Å². The van der Waals surface area contributed by atoms with Gasteiger partial charge in [-0.2, -0.15) is 4.31 Å². The van der Waals surface area contributed by atoms with Crippen LogP contribution >= 0.6 is 11.3 Å². The van der Waals surface area contributed by atoms with Crippen molar-refractivity contribution in [3.63, 3.8) is 0 Å². The van der Waals surface area contributed by atoms with Crippen molar-refractivity contribution in [1.82, 2.24) is 18.7 Å². The molecule has 4 heterocycles. The van der Waals surface area contributed by atoms with Gasteiger partial charge in [0.2, 0.25) is 10.0 Å². The summed E-state index contributed by atoms with van der Waals surface area (Å²) >= 11 is 1.60. The number of aromatic nitrogens is 3. The molecule has 5 rings (SSSR count). The Hall–Kier alpha value is -3.54. The van der Waals surface area contributed by atoms with Gasteiger partial charge in [0.15, 0.2) is 5.13 Å². The van der Waals surface area contributed by atoms with Crippen LogP contribution in [-0.4, -0.2) is 65.6 Å². The highest BCUT2D eigenvalue weighted by Crippen LogP contribution is 2.34. The lowest BCUT2D eigenvalue weighted by Gasteiger charge is -2.26. The number of hydrogen-bond donors (Lipinski definition) is 0. The van der Waals surface area contributed by atoms with Crippen molar-refractivity contribution in [2.45, 2.75) is 40.0 Å². The normalized spacial score (nSPS) is 14.3. The number of aryl methyl sites for hydroxylation is 2. The predicted molar refractivity (Wildman–Crippen MR) is 164 cm³/mol. The maximum atomic E-state index is 12.8. The Morgan fingerprint density at radius 1 is 1.12 bits per heavy atom. The Labute approximate surface area is 245 Å². The van der Waals surface area contributed by atoms with Gasteiger partial charge in [0.1, 0.15) is 11.5 Å². The molecule has 41 heavy (non-hydrogen) atoms. The van der Waals surface area contributed by atoms with E-state index in [1.165, 1.54) is 16.8 Å². The highest BCUT2D eigenvalue weighted by atomic mass is 32.2. The minimum atomic E-state index is -3.42. The maximum Gasteiger partial charge on any atom is 0.302 e. The number of esters is 1. The van der Waals surface area contributed by atoms with E-state index in [0.29, 0.717) is 19.5 Å². The number of hydrogen-bond acceptors (Lipinski definition) is 8. The lowest BCUT2D eigenvalue weighted by molar-refractivity contribution is -0.140. The van der Waals surface area contributed by atoms with Gasteiger partial charge in [-0.25, -0.2) is 18.4 Å². The fraction of sp³-hybridized carbons (Fsp3) is 0.367. The van der Waals surface area contributed by atoms with Crippen LogP contribution in [-0.2, 0) is 26.0 Å². The van der Waals surface area contributed by atoms with Crippen LogP contribution in [0.1, 0.15) is 43.5 Å². The maximum absolute atomic E-state index is 12.8. The summed E-state index contributed by atoms with van der Waals surface area (Å²) in [6.45, 7) is 6.34. The number of imidazole rings is 1. The molecule has 0 amide bonds. The molecule has 0 unspecified atom stereocenters. The second-order valence-corrected chi connectivity index (χ2v) is 13.1. The van der Waals surface area contributed by atoms with E-state index in [1.54, 1.807) is 11.3 Å². The van der Waals surface area contributed by atoms with Gasteiger partial charge in [-0.3, -0.25) is 9.20 Å². The topological polar surface area (TPSA) is 97.1 Å². The number of carbonyl (C=O) groups excluding carboxylic acids is 1. The molecular formula is C30H35N5O4S2. The van der Waals surface area contributed by atoms with E-state index in [-0.39, 0.29) is 18.8 Å². The minimum Gasteiger partial charge on any atom is -0.466 e. The molecule has 4 aromatic rings. The van der Waals surface area contributed by atoms with Crippen LogP contribution in [0.5, 0.6) is 0 Å². The molecule has 1 aromatic carbocycles. The van der Waals surface area contributed by atoms with Crippen molar-refractivity contribution in [3.05, 3.63) is 70.9 Å². The van der Waals surface area contributed by atoms with Gasteiger partial charge >= 0.3 is 5.97 Å². The third-order valence-corrected chi connectivity index (χ3v) is 10.1. The number of thiazole rings is 1. The molecule has 1 aliphatic rings. The summed E-state index contributed by atoms with van der Waals surface area (Å²) in [5, 5.41) is 2.97. The second-order valence-electron chi connectivity index (χ2n) is 10.2. The third-order valence-electron chi connectivity index (χ3n) is 7.23. The van der Waals surface area contributed by atoms with Gasteiger partial charge in [0.05, 0.1) is 23.7 Å². The van der Waals surface area contributed by atoms with Crippen LogP contribution in [0.3, 0.4) is 0 Å². The molecule has 11 heteroatoms. The first-order chi connectivity index (χ1) is 19.7. The van der Waals surface area contributed by atoms with Crippen LogP contribution in [0.25, 0.3) is 22.5 Å². The number of benzene rings is 1. The fourth-order valence-electron chi connectivity index (χ4n) is 4.98. The highest BCUT2D eigenvalue weighted by molar-refractivity contribution is 7.89. The van der Waals surface area contributed by atoms with Crippen LogP contribution in [0.4, 0.5) is 10.9 Å². The van der Waals surface area contributed by atoms with Crippen molar-refractivity contribution in [2.24, 2.45) is 0 Å². The van der Waals surface area contributed by atoms with Gasteiger partial charge in [-0.1, -0.05) is 42.8 Å². The number of fused-ring (bicyclic) bond motifs is 1. The molecule has 0 fully saturated rings. The molecule has 1 aliphatic heterocycles. The molecule has 0 saturated heterocycles. The average Bonchev–Trinajstić information content (AvgIpc) is 3.60.